The van der Waals surface area contributed by atoms with Crippen LogP contribution in [0.3, 0.4) is 0 Å². The van der Waals surface area contributed by atoms with Gasteiger partial charge in [-0.05, 0) is 5.56 Å². The number of carbonyl (C=O) groups is 1. The molecule has 4 nitrogen and oxygen atoms in total. The van der Waals surface area contributed by atoms with E-state index >= 15 is 0 Å². The molecular weight excluding hydrogens is 217 g/mol. The molecule has 1 aliphatic heterocycles. The number of rotatable bonds is 2. The molecule has 1 aromatic carbocycles. The average Bonchev–Trinajstić information content (AvgIpc) is 2.60. The number of aliphatic imine (C=N–C) groups is 1. The Hall–Kier alpha value is -1.10. The van der Waals surface area contributed by atoms with Gasteiger partial charge in [-0.2, -0.15) is 0 Å². The summed E-state index contributed by atoms with van der Waals surface area (Å²) in [5.74, 6) is -0.296. The monoisotopic (exact) mass is 227 g/mol. The first-order chi connectivity index (χ1) is 7.29. The van der Waals surface area contributed by atoms with E-state index in [1.165, 1.54) is 0 Å². The van der Waals surface area contributed by atoms with Crippen molar-refractivity contribution in [2.45, 2.75) is 6.42 Å². The molecule has 1 N–H and O–H groups in total. The molecule has 16 heavy (non-hydrogen) atoms. The van der Waals surface area contributed by atoms with Crippen LogP contribution in [0.4, 0.5) is 0 Å². The van der Waals surface area contributed by atoms with Crippen molar-refractivity contribution in [3.05, 3.63) is 47.9 Å². The fraction of sp³-hybridized carbons (Fsp3) is 0.0909. The Morgan fingerprint density at radius 3 is 2.56 bits per heavy atom. The molecule has 0 fully saturated rings. The molecule has 78 valence electrons. The number of hydrogen-bond donors (Lipinski definition) is 1. The summed E-state index contributed by atoms with van der Waals surface area (Å²) < 4.78 is 4.85. The standard InChI is InChI=1S/C11H9NO3.Na.H/c13-7-9-11(14)15-10(12-9)6-8-4-2-1-3-5-8;;/h1-5,7,13H,6H2;;. The van der Waals surface area contributed by atoms with Crippen molar-refractivity contribution in [3.63, 3.8) is 0 Å². The zero-order valence-electron chi connectivity index (χ0n) is 7.88. The second kappa shape index (κ2) is 5.84. The first-order valence-corrected chi connectivity index (χ1v) is 4.47. The van der Waals surface area contributed by atoms with E-state index < -0.39 is 5.97 Å². The number of cyclic esters (lactones) is 1. The van der Waals surface area contributed by atoms with Crippen LogP contribution in [0, 0.1) is 0 Å². The number of carbonyl (C=O) groups excluding carboxylic acids is 1. The van der Waals surface area contributed by atoms with Gasteiger partial charge in [0.25, 0.3) is 0 Å². The molecule has 0 saturated heterocycles. The van der Waals surface area contributed by atoms with Crippen LogP contribution < -0.4 is 0 Å². The van der Waals surface area contributed by atoms with Crippen molar-refractivity contribution < 1.29 is 14.6 Å². The summed E-state index contributed by atoms with van der Waals surface area (Å²) in [5, 5.41) is 8.65. The van der Waals surface area contributed by atoms with Gasteiger partial charge in [0.15, 0.2) is 5.70 Å². The zero-order valence-corrected chi connectivity index (χ0v) is 7.88. The van der Waals surface area contributed by atoms with Gasteiger partial charge < -0.3 is 9.84 Å². The van der Waals surface area contributed by atoms with Gasteiger partial charge in [0.2, 0.25) is 5.90 Å². The Kier molecular flexibility index (Phi) is 4.73. The van der Waals surface area contributed by atoms with Gasteiger partial charge in [-0.1, -0.05) is 30.3 Å². The second-order valence-corrected chi connectivity index (χ2v) is 3.07. The minimum absolute atomic E-state index is 0. The Bertz CT molecular complexity index is 440. The summed E-state index contributed by atoms with van der Waals surface area (Å²) in [6, 6.07) is 9.53. The first-order valence-electron chi connectivity index (χ1n) is 4.47. The van der Waals surface area contributed by atoms with Crippen LogP contribution in [-0.2, 0) is 16.0 Å². The summed E-state index contributed by atoms with van der Waals surface area (Å²) in [4.78, 5) is 14.9. The van der Waals surface area contributed by atoms with Gasteiger partial charge in [0.05, 0.1) is 0 Å². The topological polar surface area (TPSA) is 58.9 Å². The van der Waals surface area contributed by atoms with E-state index in [1.807, 2.05) is 30.3 Å². The quantitative estimate of drug-likeness (QED) is 0.354. The van der Waals surface area contributed by atoms with E-state index in [0.717, 1.165) is 5.56 Å². The third-order valence-corrected chi connectivity index (χ3v) is 1.99. The van der Waals surface area contributed by atoms with Crippen LogP contribution in [-0.4, -0.2) is 46.5 Å². The molecule has 0 bridgehead atoms. The van der Waals surface area contributed by atoms with Gasteiger partial charge in [-0.15, -0.1) is 0 Å². The predicted molar refractivity (Wildman–Crippen MR) is 61.5 cm³/mol. The fourth-order valence-corrected chi connectivity index (χ4v) is 1.29. The van der Waals surface area contributed by atoms with Crippen molar-refractivity contribution in [1.29, 1.82) is 0 Å². The Labute approximate surface area is 115 Å². The van der Waals surface area contributed by atoms with Gasteiger partial charge in [0, 0.05) is 6.42 Å². The van der Waals surface area contributed by atoms with Gasteiger partial charge >= 0.3 is 35.5 Å². The molecular formula is C11H10NNaO3. The number of ether oxygens (including phenoxy) is 1. The van der Waals surface area contributed by atoms with Gasteiger partial charge in [0.1, 0.15) is 6.26 Å². The van der Waals surface area contributed by atoms with Gasteiger partial charge in [-0.3, -0.25) is 0 Å². The summed E-state index contributed by atoms with van der Waals surface area (Å²) >= 11 is 0. The molecule has 1 heterocycles. The molecule has 5 heteroatoms. The van der Waals surface area contributed by atoms with Crippen molar-refractivity contribution in [3.8, 4) is 0 Å². The molecule has 0 aromatic heterocycles. The maximum atomic E-state index is 11.0. The minimum atomic E-state index is -0.608. The maximum absolute atomic E-state index is 11.0. The molecule has 1 aromatic rings. The molecule has 0 spiro atoms. The third-order valence-electron chi connectivity index (χ3n) is 1.99. The van der Waals surface area contributed by atoms with Crippen molar-refractivity contribution in [2.75, 3.05) is 0 Å². The predicted octanol–water partition coefficient (Wildman–Crippen LogP) is 0.935. The second-order valence-electron chi connectivity index (χ2n) is 3.07. The van der Waals surface area contributed by atoms with Crippen LogP contribution in [0.1, 0.15) is 5.56 Å². The molecule has 1 aliphatic rings. The normalized spacial score (nSPS) is 16.6. The first kappa shape index (κ1) is 13.0. The van der Waals surface area contributed by atoms with E-state index in [9.17, 15) is 4.79 Å². The molecule has 0 amide bonds. The molecule has 0 saturated carbocycles. The number of hydrogen-bond acceptors (Lipinski definition) is 4. The average molecular weight is 227 g/mol. The SMILES string of the molecule is O=C1OC(Cc2ccccc2)=NC1=CO.[NaH]. The Morgan fingerprint density at radius 2 is 2.00 bits per heavy atom. The molecule has 0 unspecified atom stereocenters. The summed E-state index contributed by atoms with van der Waals surface area (Å²) in [6.07, 6.45) is 1.10. The van der Waals surface area contributed by atoms with Crippen LogP contribution in [0.25, 0.3) is 0 Å². The van der Waals surface area contributed by atoms with E-state index in [1.54, 1.807) is 0 Å². The summed E-state index contributed by atoms with van der Waals surface area (Å²) in [5.41, 5.74) is 0.948. The molecule has 0 radical (unpaired) electrons. The van der Waals surface area contributed by atoms with Crippen LogP contribution in [0.2, 0.25) is 0 Å². The Balaban J connectivity index is 0.00000128. The van der Waals surface area contributed by atoms with Crippen molar-refractivity contribution in [2.24, 2.45) is 4.99 Å². The van der Waals surface area contributed by atoms with Gasteiger partial charge in [-0.25, -0.2) is 9.79 Å². The van der Waals surface area contributed by atoms with Crippen LogP contribution >= 0.6 is 0 Å². The van der Waals surface area contributed by atoms with E-state index in [-0.39, 0.29) is 35.3 Å². The molecule has 0 atom stereocenters. The van der Waals surface area contributed by atoms with Crippen molar-refractivity contribution in [1.82, 2.24) is 0 Å². The zero-order chi connectivity index (χ0) is 10.7. The number of aliphatic hydroxyl groups is 1. The summed E-state index contributed by atoms with van der Waals surface area (Å²) in [7, 11) is 0. The fourth-order valence-electron chi connectivity index (χ4n) is 1.29. The van der Waals surface area contributed by atoms with Crippen molar-refractivity contribution >= 4 is 41.4 Å². The molecule has 2 rings (SSSR count). The van der Waals surface area contributed by atoms with E-state index in [0.29, 0.717) is 18.6 Å². The number of benzene rings is 1. The third kappa shape index (κ3) is 2.95. The van der Waals surface area contributed by atoms with Crippen LogP contribution in [0.15, 0.2) is 47.3 Å². The van der Waals surface area contributed by atoms with E-state index in [4.69, 9.17) is 9.84 Å². The number of esters is 1. The summed E-state index contributed by atoms with van der Waals surface area (Å²) in [6.45, 7) is 0. The molecule has 0 aliphatic carbocycles. The van der Waals surface area contributed by atoms with Crippen LogP contribution in [0.5, 0.6) is 0 Å². The Morgan fingerprint density at radius 1 is 1.31 bits per heavy atom. The number of nitrogens with zero attached hydrogens (tertiary/aromatic N) is 1. The van der Waals surface area contributed by atoms with E-state index in [2.05, 4.69) is 4.99 Å². The number of aliphatic hydroxyl groups excluding tert-OH is 1.